The molecule has 2 rings (SSSR count). The third kappa shape index (κ3) is 0.650. The Bertz CT molecular complexity index is 192. The molecule has 3 nitrogen and oxygen atoms in total. The van der Waals surface area contributed by atoms with Crippen LogP contribution in [-0.4, -0.2) is 11.6 Å². The van der Waals surface area contributed by atoms with Gasteiger partial charge in [0.25, 0.3) is 0 Å². The van der Waals surface area contributed by atoms with E-state index in [-0.39, 0.29) is 0 Å². The molecule has 3 heteroatoms. The van der Waals surface area contributed by atoms with Crippen molar-refractivity contribution in [3.63, 3.8) is 0 Å². The quantitative estimate of drug-likeness (QED) is 0.473. The SMILES string of the molecule is C1=C[C]2N=NCN2C=C1. The molecule has 9 heavy (non-hydrogen) atoms. The molecular weight excluding hydrogens is 114 g/mol. The van der Waals surface area contributed by atoms with Gasteiger partial charge in [-0.05, 0) is 12.2 Å². The van der Waals surface area contributed by atoms with Crippen molar-refractivity contribution in [3.05, 3.63) is 30.6 Å². The van der Waals surface area contributed by atoms with Crippen molar-refractivity contribution < 1.29 is 0 Å². The number of hydrogen-bond donors (Lipinski definition) is 0. The summed E-state index contributed by atoms with van der Waals surface area (Å²) in [6.07, 6.45) is 8.78. The molecule has 0 atom stereocenters. The number of hydrogen-bond acceptors (Lipinski definition) is 3. The second-order valence-electron chi connectivity index (χ2n) is 1.91. The fourth-order valence-electron chi connectivity index (χ4n) is 0.850. The van der Waals surface area contributed by atoms with Gasteiger partial charge in [-0.1, -0.05) is 6.08 Å². The van der Waals surface area contributed by atoms with Gasteiger partial charge in [0.2, 0.25) is 6.17 Å². The molecule has 45 valence electrons. The average Bonchev–Trinajstić information content (AvgIpc) is 2.33. The lowest BCUT2D eigenvalue weighted by molar-refractivity contribution is 0.470. The summed E-state index contributed by atoms with van der Waals surface area (Å²) < 4.78 is 0. The Labute approximate surface area is 53.4 Å². The Kier molecular flexibility index (Phi) is 0.886. The third-order valence-corrected chi connectivity index (χ3v) is 1.31. The maximum atomic E-state index is 3.89. The fraction of sp³-hybridized carbons (Fsp3) is 0.167. The highest BCUT2D eigenvalue weighted by Gasteiger charge is 2.18. The summed E-state index contributed by atoms with van der Waals surface area (Å²) in [6, 6.07) is 0. The highest BCUT2D eigenvalue weighted by atomic mass is 15.4. The number of fused-ring (bicyclic) bond motifs is 1. The Hall–Kier alpha value is -1.12. The molecule has 0 N–H and O–H groups in total. The molecule has 0 bridgehead atoms. The van der Waals surface area contributed by atoms with E-state index in [0.29, 0.717) is 6.67 Å². The van der Waals surface area contributed by atoms with Crippen LogP contribution >= 0.6 is 0 Å². The number of nitrogens with zero attached hydrogens (tertiary/aromatic N) is 3. The van der Waals surface area contributed by atoms with Gasteiger partial charge in [0.15, 0.2) is 0 Å². The first-order valence-electron chi connectivity index (χ1n) is 2.83. The van der Waals surface area contributed by atoms with E-state index >= 15 is 0 Å². The lowest BCUT2D eigenvalue weighted by Crippen LogP contribution is -2.16. The molecule has 0 saturated carbocycles. The Balaban J connectivity index is 2.25. The largest absolute Gasteiger partial charge is 0.324 e. The van der Waals surface area contributed by atoms with Gasteiger partial charge in [0, 0.05) is 6.20 Å². The molecule has 0 spiro atoms. The van der Waals surface area contributed by atoms with E-state index in [4.69, 9.17) is 0 Å². The third-order valence-electron chi connectivity index (χ3n) is 1.31. The minimum atomic E-state index is 0.677. The molecule has 2 aliphatic rings. The molecule has 0 aromatic heterocycles. The molecule has 0 aromatic carbocycles. The summed E-state index contributed by atoms with van der Waals surface area (Å²) in [5, 5.41) is 7.73. The summed E-state index contributed by atoms with van der Waals surface area (Å²) >= 11 is 0. The Morgan fingerprint density at radius 2 is 2.44 bits per heavy atom. The van der Waals surface area contributed by atoms with Crippen molar-refractivity contribution in [2.45, 2.75) is 0 Å². The summed E-state index contributed by atoms with van der Waals surface area (Å²) in [4.78, 5) is 1.99. The van der Waals surface area contributed by atoms with Crippen LogP contribution in [0.5, 0.6) is 0 Å². The second kappa shape index (κ2) is 1.69. The topological polar surface area (TPSA) is 28.0 Å². The molecule has 0 amide bonds. The molecular formula is C6H6N3. The zero-order valence-corrected chi connectivity index (χ0v) is 4.86. The normalized spacial score (nSPS) is 23.3. The lowest BCUT2D eigenvalue weighted by atomic mass is 10.3. The average molecular weight is 120 g/mol. The van der Waals surface area contributed by atoms with Gasteiger partial charge in [0.1, 0.15) is 6.67 Å². The first-order chi connectivity index (χ1) is 4.47. The summed E-state index contributed by atoms with van der Waals surface area (Å²) in [5.41, 5.74) is 0. The van der Waals surface area contributed by atoms with Crippen molar-refractivity contribution in [3.8, 4) is 0 Å². The minimum Gasteiger partial charge on any atom is -0.324 e. The van der Waals surface area contributed by atoms with Crippen LogP contribution in [0.3, 0.4) is 0 Å². The first-order valence-corrected chi connectivity index (χ1v) is 2.83. The van der Waals surface area contributed by atoms with Gasteiger partial charge in [-0.2, -0.15) is 10.2 Å². The number of rotatable bonds is 0. The minimum absolute atomic E-state index is 0.677. The predicted octanol–water partition coefficient (Wildman–Crippen LogP) is 1.28. The van der Waals surface area contributed by atoms with Crippen molar-refractivity contribution in [1.29, 1.82) is 0 Å². The molecule has 0 fully saturated rings. The van der Waals surface area contributed by atoms with E-state index in [1.165, 1.54) is 0 Å². The van der Waals surface area contributed by atoms with Gasteiger partial charge in [-0.3, -0.25) is 0 Å². The van der Waals surface area contributed by atoms with Gasteiger partial charge in [-0.25, -0.2) is 0 Å². The molecule has 2 heterocycles. The van der Waals surface area contributed by atoms with Crippen LogP contribution < -0.4 is 0 Å². The highest BCUT2D eigenvalue weighted by Crippen LogP contribution is 2.21. The maximum Gasteiger partial charge on any atom is 0.222 e. The van der Waals surface area contributed by atoms with Crippen LogP contribution in [0.25, 0.3) is 0 Å². The van der Waals surface area contributed by atoms with Crippen LogP contribution in [0.4, 0.5) is 0 Å². The molecule has 2 aliphatic heterocycles. The lowest BCUT2D eigenvalue weighted by Gasteiger charge is -2.15. The zero-order valence-electron chi connectivity index (χ0n) is 4.86. The smallest absolute Gasteiger partial charge is 0.222 e. The van der Waals surface area contributed by atoms with Crippen LogP contribution in [0.15, 0.2) is 34.7 Å². The number of azo groups is 1. The monoisotopic (exact) mass is 120 g/mol. The molecule has 0 aromatic rings. The van der Waals surface area contributed by atoms with E-state index in [9.17, 15) is 0 Å². The summed E-state index contributed by atoms with van der Waals surface area (Å²) in [6.45, 7) is 0.677. The summed E-state index contributed by atoms with van der Waals surface area (Å²) in [5.74, 6) is 0. The predicted molar refractivity (Wildman–Crippen MR) is 33.1 cm³/mol. The van der Waals surface area contributed by atoms with Gasteiger partial charge >= 0.3 is 0 Å². The van der Waals surface area contributed by atoms with Crippen molar-refractivity contribution in [2.24, 2.45) is 10.2 Å². The molecule has 0 unspecified atom stereocenters. The highest BCUT2D eigenvalue weighted by molar-refractivity contribution is 5.21. The molecule has 0 saturated heterocycles. The molecule has 1 radical (unpaired) electrons. The fourth-order valence-corrected chi connectivity index (χ4v) is 0.850. The van der Waals surface area contributed by atoms with Crippen LogP contribution in [0, 0.1) is 6.17 Å². The van der Waals surface area contributed by atoms with E-state index in [0.717, 1.165) is 6.17 Å². The van der Waals surface area contributed by atoms with Crippen molar-refractivity contribution >= 4 is 0 Å². The van der Waals surface area contributed by atoms with Gasteiger partial charge in [-0.15, -0.1) is 0 Å². The van der Waals surface area contributed by atoms with E-state index in [1.54, 1.807) is 0 Å². The van der Waals surface area contributed by atoms with Crippen LogP contribution in [0.1, 0.15) is 0 Å². The second-order valence-corrected chi connectivity index (χ2v) is 1.91. The van der Waals surface area contributed by atoms with Crippen LogP contribution in [-0.2, 0) is 0 Å². The Morgan fingerprint density at radius 1 is 1.44 bits per heavy atom. The van der Waals surface area contributed by atoms with E-state index in [2.05, 4.69) is 10.2 Å². The standard InChI is InChI=1S/C6H6N3/c1-2-4-9-5-7-8-6(9)3-1/h1-4H,5H2. The van der Waals surface area contributed by atoms with E-state index < -0.39 is 0 Å². The number of allylic oxidation sites excluding steroid dienone is 2. The molecule has 0 aliphatic carbocycles. The van der Waals surface area contributed by atoms with Crippen LogP contribution in [0.2, 0.25) is 0 Å². The maximum absolute atomic E-state index is 3.89. The van der Waals surface area contributed by atoms with Crippen molar-refractivity contribution in [2.75, 3.05) is 6.67 Å². The van der Waals surface area contributed by atoms with Gasteiger partial charge in [0.05, 0.1) is 0 Å². The van der Waals surface area contributed by atoms with Crippen molar-refractivity contribution in [1.82, 2.24) is 4.90 Å². The van der Waals surface area contributed by atoms with Gasteiger partial charge < -0.3 is 4.90 Å². The van der Waals surface area contributed by atoms with E-state index in [1.807, 2.05) is 29.3 Å². The Morgan fingerprint density at radius 3 is 3.33 bits per heavy atom. The summed E-state index contributed by atoms with van der Waals surface area (Å²) in [7, 11) is 0. The zero-order chi connectivity index (χ0) is 6.10. The first kappa shape index (κ1) is 4.73.